The first kappa shape index (κ1) is 11.7. The van der Waals surface area contributed by atoms with Crippen LogP contribution in [0, 0.1) is 12.8 Å². The molecule has 0 amide bonds. The highest BCUT2D eigenvalue weighted by Gasteiger charge is 2.24. The van der Waals surface area contributed by atoms with Crippen molar-refractivity contribution in [1.82, 2.24) is 5.32 Å². The average Bonchev–Trinajstić information content (AvgIpc) is 2.34. The second-order valence-corrected chi connectivity index (χ2v) is 4.96. The molecule has 0 radical (unpaired) electrons. The predicted octanol–water partition coefficient (Wildman–Crippen LogP) is 3.49. The Morgan fingerprint density at radius 1 is 1.25 bits per heavy atom. The van der Waals surface area contributed by atoms with E-state index >= 15 is 0 Å². The molecule has 0 aromatic heterocycles. The zero-order valence-electron chi connectivity index (χ0n) is 10.5. The van der Waals surface area contributed by atoms with Gasteiger partial charge in [0.2, 0.25) is 0 Å². The van der Waals surface area contributed by atoms with Crippen LogP contribution in [0.25, 0.3) is 0 Å². The van der Waals surface area contributed by atoms with E-state index in [0.29, 0.717) is 0 Å². The van der Waals surface area contributed by atoms with Crippen molar-refractivity contribution in [3.8, 4) is 0 Å². The van der Waals surface area contributed by atoms with Crippen LogP contribution in [0.3, 0.4) is 0 Å². The van der Waals surface area contributed by atoms with E-state index in [1.807, 2.05) is 0 Å². The Hall–Kier alpha value is -0.820. The van der Waals surface area contributed by atoms with Crippen LogP contribution in [0.15, 0.2) is 24.3 Å². The minimum atomic E-state index is 0.767. The number of hydrogen-bond donors (Lipinski definition) is 1. The molecule has 1 fully saturated rings. The summed E-state index contributed by atoms with van der Waals surface area (Å²) in [7, 11) is 0. The lowest BCUT2D eigenvalue weighted by molar-refractivity contribution is 0.311. The number of nitrogens with one attached hydrogen (secondary N) is 1. The van der Waals surface area contributed by atoms with Crippen molar-refractivity contribution in [2.24, 2.45) is 5.92 Å². The van der Waals surface area contributed by atoms with E-state index in [0.717, 1.165) is 11.8 Å². The molecule has 1 saturated heterocycles. The van der Waals surface area contributed by atoms with Crippen molar-refractivity contribution in [2.45, 2.75) is 39.0 Å². The molecular weight excluding hydrogens is 194 g/mol. The van der Waals surface area contributed by atoms with Crippen molar-refractivity contribution < 1.29 is 0 Å². The number of piperidine rings is 1. The fourth-order valence-electron chi connectivity index (χ4n) is 3.06. The lowest BCUT2D eigenvalue weighted by atomic mass is 9.77. The van der Waals surface area contributed by atoms with Gasteiger partial charge in [-0.2, -0.15) is 0 Å². The molecule has 1 N–H and O–H groups in total. The first-order valence-electron chi connectivity index (χ1n) is 6.59. The molecule has 88 valence electrons. The van der Waals surface area contributed by atoms with Crippen LogP contribution in [0.2, 0.25) is 0 Å². The van der Waals surface area contributed by atoms with E-state index in [9.17, 15) is 0 Å². The molecule has 1 heterocycles. The Morgan fingerprint density at radius 2 is 1.94 bits per heavy atom. The minimum absolute atomic E-state index is 0.767. The highest BCUT2D eigenvalue weighted by molar-refractivity contribution is 5.29. The fourth-order valence-corrected chi connectivity index (χ4v) is 3.06. The second-order valence-electron chi connectivity index (χ2n) is 4.96. The molecular formula is C15H23N. The SMILES string of the molecule is CCC(c1ccccc1C)C1CCNCC1. The third kappa shape index (κ3) is 2.46. The molecule has 1 atom stereocenters. The Bertz CT molecular complexity index is 326. The van der Waals surface area contributed by atoms with Gasteiger partial charge in [-0.1, -0.05) is 31.2 Å². The first-order chi connectivity index (χ1) is 7.83. The third-order valence-corrected chi connectivity index (χ3v) is 3.98. The van der Waals surface area contributed by atoms with Crippen LogP contribution in [0.1, 0.15) is 43.2 Å². The van der Waals surface area contributed by atoms with Crippen molar-refractivity contribution in [2.75, 3.05) is 13.1 Å². The maximum Gasteiger partial charge on any atom is -0.00461 e. The average molecular weight is 217 g/mol. The minimum Gasteiger partial charge on any atom is -0.317 e. The lowest BCUT2D eigenvalue weighted by Crippen LogP contribution is -2.31. The Labute approximate surface area is 99.3 Å². The van der Waals surface area contributed by atoms with E-state index < -0.39 is 0 Å². The van der Waals surface area contributed by atoms with Crippen molar-refractivity contribution >= 4 is 0 Å². The van der Waals surface area contributed by atoms with Crippen LogP contribution < -0.4 is 5.32 Å². The second kappa shape index (κ2) is 5.49. The molecule has 1 unspecified atom stereocenters. The van der Waals surface area contributed by atoms with E-state index in [1.54, 1.807) is 5.56 Å². The predicted molar refractivity (Wildman–Crippen MR) is 69.8 cm³/mol. The summed E-state index contributed by atoms with van der Waals surface area (Å²) in [5.41, 5.74) is 3.05. The van der Waals surface area contributed by atoms with Crippen LogP contribution in [0.5, 0.6) is 0 Å². The van der Waals surface area contributed by atoms with Gasteiger partial charge in [0, 0.05) is 0 Å². The van der Waals surface area contributed by atoms with Gasteiger partial charge in [-0.15, -0.1) is 0 Å². The standard InChI is InChI=1S/C15H23N/c1-3-14(13-8-10-16-11-9-13)15-7-5-4-6-12(15)2/h4-7,13-14,16H,3,8-11H2,1-2H3. The number of benzene rings is 1. The topological polar surface area (TPSA) is 12.0 Å². The molecule has 16 heavy (non-hydrogen) atoms. The van der Waals surface area contributed by atoms with Gasteiger partial charge >= 0.3 is 0 Å². The number of aryl methyl sites for hydroxylation is 1. The molecule has 0 aliphatic carbocycles. The fraction of sp³-hybridized carbons (Fsp3) is 0.600. The van der Waals surface area contributed by atoms with Crippen molar-refractivity contribution in [3.63, 3.8) is 0 Å². The lowest BCUT2D eigenvalue weighted by Gasteiger charge is -2.31. The van der Waals surface area contributed by atoms with Gasteiger partial charge in [-0.25, -0.2) is 0 Å². The molecule has 0 saturated carbocycles. The molecule has 1 aromatic carbocycles. The Balaban J connectivity index is 2.18. The summed E-state index contributed by atoms with van der Waals surface area (Å²) in [6, 6.07) is 8.91. The normalized spacial score (nSPS) is 19.6. The number of rotatable bonds is 3. The van der Waals surface area contributed by atoms with Crippen molar-refractivity contribution in [3.05, 3.63) is 35.4 Å². The molecule has 1 heteroatoms. The van der Waals surface area contributed by atoms with Gasteiger partial charge in [0.1, 0.15) is 0 Å². The van der Waals surface area contributed by atoms with Gasteiger partial charge in [-0.05, 0) is 62.2 Å². The van der Waals surface area contributed by atoms with Gasteiger partial charge in [0.15, 0.2) is 0 Å². The summed E-state index contributed by atoms with van der Waals surface area (Å²) in [5, 5.41) is 3.46. The third-order valence-electron chi connectivity index (χ3n) is 3.98. The summed E-state index contributed by atoms with van der Waals surface area (Å²) in [4.78, 5) is 0. The summed E-state index contributed by atoms with van der Waals surface area (Å²) in [6.07, 6.45) is 3.95. The highest BCUT2D eigenvalue weighted by Crippen LogP contribution is 2.34. The van der Waals surface area contributed by atoms with Crippen LogP contribution in [-0.2, 0) is 0 Å². The van der Waals surface area contributed by atoms with E-state index in [2.05, 4.69) is 43.4 Å². The Kier molecular flexibility index (Phi) is 4.00. The zero-order valence-corrected chi connectivity index (χ0v) is 10.5. The van der Waals surface area contributed by atoms with E-state index in [1.165, 1.54) is 37.9 Å². The molecule has 1 nitrogen and oxygen atoms in total. The van der Waals surface area contributed by atoms with Gasteiger partial charge in [0.25, 0.3) is 0 Å². The van der Waals surface area contributed by atoms with Crippen LogP contribution in [-0.4, -0.2) is 13.1 Å². The van der Waals surface area contributed by atoms with Crippen molar-refractivity contribution in [1.29, 1.82) is 0 Å². The quantitative estimate of drug-likeness (QED) is 0.817. The molecule has 1 aliphatic rings. The first-order valence-corrected chi connectivity index (χ1v) is 6.59. The maximum absolute atomic E-state index is 3.46. The number of hydrogen-bond acceptors (Lipinski definition) is 1. The molecule has 0 bridgehead atoms. The van der Waals surface area contributed by atoms with Gasteiger partial charge in [0.05, 0.1) is 0 Å². The molecule has 1 aliphatic heterocycles. The summed E-state index contributed by atoms with van der Waals surface area (Å²) >= 11 is 0. The molecule has 2 rings (SSSR count). The van der Waals surface area contributed by atoms with E-state index in [-0.39, 0.29) is 0 Å². The highest BCUT2D eigenvalue weighted by atomic mass is 14.9. The van der Waals surface area contributed by atoms with E-state index in [4.69, 9.17) is 0 Å². The summed E-state index contributed by atoms with van der Waals surface area (Å²) in [5.74, 6) is 1.65. The summed E-state index contributed by atoms with van der Waals surface area (Å²) < 4.78 is 0. The molecule has 0 spiro atoms. The monoisotopic (exact) mass is 217 g/mol. The summed E-state index contributed by atoms with van der Waals surface area (Å²) in [6.45, 7) is 6.98. The largest absolute Gasteiger partial charge is 0.317 e. The van der Waals surface area contributed by atoms with Gasteiger partial charge < -0.3 is 5.32 Å². The Morgan fingerprint density at radius 3 is 2.56 bits per heavy atom. The maximum atomic E-state index is 3.46. The van der Waals surface area contributed by atoms with Crippen LogP contribution >= 0.6 is 0 Å². The zero-order chi connectivity index (χ0) is 11.4. The smallest absolute Gasteiger partial charge is 0.00461 e. The van der Waals surface area contributed by atoms with Crippen LogP contribution in [0.4, 0.5) is 0 Å². The molecule has 1 aromatic rings. The van der Waals surface area contributed by atoms with Gasteiger partial charge in [-0.3, -0.25) is 0 Å².